The monoisotopic (exact) mass is 314 g/mol. The summed E-state index contributed by atoms with van der Waals surface area (Å²) in [5.41, 5.74) is -0.202. The van der Waals surface area contributed by atoms with Crippen molar-refractivity contribution in [2.75, 3.05) is 4.72 Å². The van der Waals surface area contributed by atoms with Gasteiger partial charge in [0.2, 0.25) is 0 Å². The summed E-state index contributed by atoms with van der Waals surface area (Å²) in [6.07, 6.45) is 2.44. The Morgan fingerprint density at radius 3 is 2.40 bits per heavy atom. The third-order valence-corrected chi connectivity index (χ3v) is 3.75. The highest BCUT2D eigenvalue weighted by Crippen LogP contribution is 2.18. The summed E-state index contributed by atoms with van der Waals surface area (Å²) in [7, 11) is -3.91. The highest BCUT2D eigenvalue weighted by atomic mass is 35.5. The van der Waals surface area contributed by atoms with Crippen molar-refractivity contribution in [1.29, 1.82) is 0 Å². The molecule has 0 amide bonds. The lowest BCUT2D eigenvalue weighted by Gasteiger charge is -2.06. The van der Waals surface area contributed by atoms with Gasteiger partial charge >= 0.3 is 0 Å². The Bertz CT molecular complexity index is 748. The van der Waals surface area contributed by atoms with Crippen LogP contribution in [0, 0.1) is 10.1 Å². The Kier molecular flexibility index (Phi) is 3.81. The van der Waals surface area contributed by atoms with Gasteiger partial charge in [0.1, 0.15) is 5.15 Å². The number of benzene rings is 1. The molecule has 0 aliphatic carbocycles. The predicted octanol–water partition coefficient (Wildman–Crippen LogP) is 1.84. The molecule has 0 spiro atoms. The molecule has 0 radical (unpaired) electrons. The number of rotatable bonds is 4. The van der Waals surface area contributed by atoms with Crippen LogP contribution in [0.5, 0.6) is 0 Å². The predicted molar refractivity (Wildman–Crippen MR) is 70.9 cm³/mol. The normalized spacial score (nSPS) is 11.1. The minimum absolute atomic E-state index is 0.0360. The minimum Gasteiger partial charge on any atom is -0.262 e. The molecule has 8 nitrogen and oxygen atoms in total. The van der Waals surface area contributed by atoms with E-state index in [2.05, 4.69) is 14.7 Å². The number of aromatic nitrogens is 2. The van der Waals surface area contributed by atoms with Gasteiger partial charge in [0.05, 0.1) is 22.2 Å². The van der Waals surface area contributed by atoms with Crippen LogP contribution in [0.25, 0.3) is 0 Å². The molecule has 2 aromatic rings. The number of hydrogen-bond acceptors (Lipinski definition) is 6. The molecule has 1 aromatic carbocycles. The van der Waals surface area contributed by atoms with E-state index in [0.29, 0.717) is 0 Å². The fourth-order valence-electron chi connectivity index (χ4n) is 1.33. The average Bonchev–Trinajstić information content (AvgIpc) is 2.38. The Morgan fingerprint density at radius 1 is 1.20 bits per heavy atom. The van der Waals surface area contributed by atoms with Gasteiger partial charge in [-0.05, 0) is 12.1 Å². The van der Waals surface area contributed by atoms with Crippen LogP contribution in [0.4, 0.5) is 11.5 Å². The molecule has 2 rings (SSSR count). The maximum atomic E-state index is 12.0. The molecule has 104 valence electrons. The van der Waals surface area contributed by atoms with E-state index in [-0.39, 0.29) is 21.6 Å². The van der Waals surface area contributed by atoms with Gasteiger partial charge in [-0.25, -0.2) is 13.4 Å². The Labute approximate surface area is 118 Å². The zero-order valence-electron chi connectivity index (χ0n) is 9.72. The molecule has 1 heterocycles. The molecule has 1 aromatic heterocycles. The molecule has 0 aliphatic rings. The SMILES string of the molecule is O=[N+]([O-])c1ccc(S(=O)(=O)Nc2cncc(Cl)n2)cc1. The van der Waals surface area contributed by atoms with Crippen LogP contribution in [0.1, 0.15) is 0 Å². The lowest BCUT2D eigenvalue weighted by molar-refractivity contribution is -0.384. The number of non-ortho nitro benzene ring substituents is 1. The van der Waals surface area contributed by atoms with Gasteiger partial charge in [-0.1, -0.05) is 11.6 Å². The van der Waals surface area contributed by atoms with Crippen molar-refractivity contribution in [3.63, 3.8) is 0 Å². The van der Waals surface area contributed by atoms with Crippen LogP contribution in [0.3, 0.4) is 0 Å². The summed E-state index contributed by atoms with van der Waals surface area (Å²) < 4.78 is 26.2. The number of halogens is 1. The largest absolute Gasteiger partial charge is 0.269 e. The Morgan fingerprint density at radius 2 is 1.85 bits per heavy atom. The fraction of sp³-hybridized carbons (Fsp3) is 0. The average molecular weight is 315 g/mol. The van der Waals surface area contributed by atoms with Gasteiger partial charge < -0.3 is 0 Å². The lowest BCUT2D eigenvalue weighted by Crippen LogP contribution is -2.14. The third kappa shape index (κ3) is 3.19. The van der Waals surface area contributed by atoms with E-state index in [1.54, 1.807) is 0 Å². The second kappa shape index (κ2) is 5.39. The lowest BCUT2D eigenvalue weighted by atomic mass is 10.3. The van der Waals surface area contributed by atoms with E-state index in [0.717, 1.165) is 24.3 Å². The number of nitrogens with one attached hydrogen (secondary N) is 1. The topological polar surface area (TPSA) is 115 Å². The quantitative estimate of drug-likeness (QED) is 0.680. The van der Waals surface area contributed by atoms with Crippen LogP contribution in [-0.4, -0.2) is 23.3 Å². The van der Waals surface area contributed by atoms with Crippen molar-refractivity contribution >= 4 is 33.1 Å². The van der Waals surface area contributed by atoms with E-state index in [1.165, 1.54) is 12.4 Å². The first kappa shape index (κ1) is 14.2. The number of nitro benzene ring substituents is 1. The number of nitro groups is 1. The van der Waals surface area contributed by atoms with Crippen LogP contribution < -0.4 is 4.72 Å². The summed E-state index contributed by atoms with van der Waals surface area (Å²) in [5, 5.41) is 10.5. The summed E-state index contributed by atoms with van der Waals surface area (Å²) in [4.78, 5) is 17.2. The first-order valence-electron chi connectivity index (χ1n) is 5.13. The van der Waals surface area contributed by atoms with E-state index < -0.39 is 14.9 Å². The molecule has 0 bridgehead atoms. The van der Waals surface area contributed by atoms with Gasteiger partial charge in [-0.3, -0.25) is 19.8 Å². The molecular formula is C10H7ClN4O4S. The standard InChI is InChI=1S/C10H7ClN4O4S/c11-9-5-12-6-10(13-9)14-20(18,19)8-3-1-7(2-4-8)15(16)17/h1-6H,(H,13,14). The summed E-state index contributed by atoms with van der Waals surface area (Å²) in [5.74, 6) is -0.0455. The van der Waals surface area contributed by atoms with Gasteiger partial charge in [-0.15, -0.1) is 0 Å². The van der Waals surface area contributed by atoms with E-state index >= 15 is 0 Å². The highest BCUT2D eigenvalue weighted by molar-refractivity contribution is 7.92. The highest BCUT2D eigenvalue weighted by Gasteiger charge is 2.16. The Balaban J connectivity index is 2.28. The van der Waals surface area contributed by atoms with Gasteiger partial charge in [0.25, 0.3) is 15.7 Å². The molecular weight excluding hydrogens is 308 g/mol. The van der Waals surface area contributed by atoms with Crippen LogP contribution in [0.15, 0.2) is 41.6 Å². The molecule has 10 heteroatoms. The zero-order valence-corrected chi connectivity index (χ0v) is 11.3. The first-order chi connectivity index (χ1) is 9.38. The second-order valence-corrected chi connectivity index (χ2v) is 5.65. The van der Waals surface area contributed by atoms with E-state index in [9.17, 15) is 18.5 Å². The van der Waals surface area contributed by atoms with Crippen molar-refractivity contribution < 1.29 is 13.3 Å². The summed E-state index contributed by atoms with van der Waals surface area (Å²) in [6, 6.07) is 4.44. The van der Waals surface area contributed by atoms with Crippen molar-refractivity contribution in [1.82, 2.24) is 9.97 Å². The molecule has 1 N–H and O–H groups in total. The number of sulfonamides is 1. The van der Waals surface area contributed by atoms with Crippen molar-refractivity contribution in [3.05, 3.63) is 51.9 Å². The van der Waals surface area contributed by atoms with Crippen LogP contribution in [-0.2, 0) is 10.0 Å². The third-order valence-electron chi connectivity index (χ3n) is 2.20. The van der Waals surface area contributed by atoms with Crippen LogP contribution in [0.2, 0.25) is 5.15 Å². The molecule has 0 saturated heterocycles. The second-order valence-electron chi connectivity index (χ2n) is 3.58. The number of nitrogens with zero attached hydrogens (tertiary/aromatic N) is 3. The molecule has 0 fully saturated rings. The van der Waals surface area contributed by atoms with Gasteiger partial charge in [0, 0.05) is 12.1 Å². The maximum absolute atomic E-state index is 12.0. The zero-order chi connectivity index (χ0) is 14.8. The summed E-state index contributed by atoms with van der Waals surface area (Å²) >= 11 is 5.59. The Hall–Kier alpha value is -2.26. The molecule has 0 unspecified atom stereocenters. The molecule has 0 atom stereocenters. The van der Waals surface area contributed by atoms with Gasteiger partial charge in [-0.2, -0.15) is 0 Å². The number of anilines is 1. The van der Waals surface area contributed by atoms with Crippen molar-refractivity contribution in [2.24, 2.45) is 0 Å². The summed E-state index contributed by atoms with van der Waals surface area (Å²) in [6.45, 7) is 0. The van der Waals surface area contributed by atoms with E-state index in [4.69, 9.17) is 11.6 Å². The maximum Gasteiger partial charge on any atom is 0.269 e. The smallest absolute Gasteiger partial charge is 0.262 e. The number of hydrogen-bond donors (Lipinski definition) is 1. The molecule has 0 aliphatic heterocycles. The molecule has 0 saturated carbocycles. The minimum atomic E-state index is -3.91. The van der Waals surface area contributed by atoms with Gasteiger partial charge in [0.15, 0.2) is 5.82 Å². The molecule has 20 heavy (non-hydrogen) atoms. The van der Waals surface area contributed by atoms with Crippen LogP contribution >= 0.6 is 11.6 Å². The van der Waals surface area contributed by atoms with Crippen molar-refractivity contribution in [3.8, 4) is 0 Å². The first-order valence-corrected chi connectivity index (χ1v) is 6.99. The van der Waals surface area contributed by atoms with Crippen molar-refractivity contribution in [2.45, 2.75) is 4.90 Å². The fourth-order valence-corrected chi connectivity index (χ4v) is 2.47. The van der Waals surface area contributed by atoms with E-state index in [1.807, 2.05) is 0 Å².